The van der Waals surface area contributed by atoms with E-state index in [4.69, 9.17) is 5.26 Å². The molecule has 0 unspecified atom stereocenters. The van der Waals surface area contributed by atoms with Gasteiger partial charge in [0.25, 0.3) is 0 Å². The summed E-state index contributed by atoms with van der Waals surface area (Å²) in [6, 6.07) is 7.21. The van der Waals surface area contributed by atoms with Gasteiger partial charge in [0.05, 0.1) is 11.6 Å². The van der Waals surface area contributed by atoms with Crippen LogP contribution in [0.5, 0.6) is 0 Å². The van der Waals surface area contributed by atoms with Crippen molar-refractivity contribution in [3.8, 4) is 6.07 Å². The van der Waals surface area contributed by atoms with Crippen LogP contribution in [-0.4, -0.2) is 24.8 Å². The molecule has 0 fully saturated rings. The normalized spacial score (nSPS) is 10.1. The van der Waals surface area contributed by atoms with E-state index in [1.165, 1.54) is 6.08 Å². The second kappa shape index (κ2) is 5.13. The zero-order valence-electron chi connectivity index (χ0n) is 9.69. The number of ketones is 1. The molecule has 0 aliphatic rings. The first-order chi connectivity index (χ1) is 7.54. The van der Waals surface area contributed by atoms with Crippen molar-refractivity contribution in [2.75, 3.05) is 14.1 Å². The van der Waals surface area contributed by atoms with E-state index in [-0.39, 0.29) is 5.78 Å². The molecule has 1 aromatic rings. The summed E-state index contributed by atoms with van der Waals surface area (Å²) in [5, 5.41) is 8.86. The predicted octanol–water partition coefficient (Wildman–Crippen LogP) is 2.12. The van der Waals surface area contributed by atoms with Crippen LogP contribution in [0.2, 0.25) is 0 Å². The number of allylic oxidation sites excluding steroid dienone is 1. The molecule has 0 atom stereocenters. The molecule has 0 aliphatic carbocycles. The average Bonchev–Trinajstić information content (AvgIpc) is 2.26. The van der Waals surface area contributed by atoms with Crippen molar-refractivity contribution in [3.05, 3.63) is 47.2 Å². The minimum atomic E-state index is -0.0924. The second-order valence-electron chi connectivity index (χ2n) is 3.79. The summed E-state index contributed by atoms with van der Waals surface area (Å²) in [4.78, 5) is 13.5. The minimum absolute atomic E-state index is 0.0924. The van der Waals surface area contributed by atoms with Crippen LogP contribution >= 0.6 is 0 Å². The van der Waals surface area contributed by atoms with E-state index in [1.54, 1.807) is 29.3 Å². The van der Waals surface area contributed by atoms with Gasteiger partial charge in [-0.15, -0.1) is 0 Å². The van der Waals surface area contributed by atoms with E-state index < -0.39 is 0 Å². The zero-order valence-corrected chi connectivity index (χ0v) is 9.69. The summed E-state index contributed by atoms with van der Waals surface area (Å²) >= 11 is 0. The van der Waals surface area contributed by atoms with Crippen LogP contribution in [0.25, 0.3) is 0 Å². The molecular weight excluding hydrogens is 200 g/mol. The summed E-state index contributed by atoms with van der Waals surface area (Å²) in [6.45, 7) is 1.85. The number of rotatable bonds is 3. The van der Waals surface area contributed by atoms with Crippen LogP contribution < -0.4 is 0 Å². The third kappa shape index (κ3) is 2.96. The van der Waals surface area contributed by atoms with Crippen molar-refractivity contribution in [3.63, 3.8) is 0 Å². The number of carbonyl (C=O) groups excluding carboxylic acids is 1. The molecule has 0 spiro atoms. The van der Waals surface area contributed by atoms with Crippen LogP contribution in [0.1, 0.15) is 21.5 Å². The highest BCUT2D eigenvalue weighted by molar-refractivity contribution is 6.04. The summed E-state index contributed by atoms with van der Waals surface area (Å²) in [5.41, 5.74) is 1.97. The Balaban J connectivity index is 2.98. The third-order valence-corrected chi connectivity index (χ3v) is 2.17. The predicted molar refractivity (Wildman–Crippen MR) is 63.1 cm³/mol. The molecule has 0 saturated carbocycles. The Morgan fingerprint density at radius 3 is 2.69 bits per heavy atom. The summed E-state index contributed by atoms with van der Waals surface area (Å²) in [5.74, 6) is -0.0924. The SMILES string of the molecule is Cc1ccc(C(=O)C=CN(C)C)cc1C#N. The molecule has 1 rings (SSSR count). The first-order valence-corrected chi connectivity index (χ1v) is 4.94. The number of carbonyl (C=O) groups is 1. The van der Waals surface area contributed by atoms with Gasteiger partial charge in [0, 0.05) is 31.9 Å². The molecule has 0 radical (unpaired) electrons. The van der Waals surface area contributed by atoms with Crippen LogP contribution in [0.3, 0.4) is 0 Å². The molecule has 1 aromatic carbocycles. The van der Waals surface area contributed by atoms with Crippen molar-refractivity contribution in [2.45, 2.75) is 6.92 Å². The van der Waals surface area contributed by atoms with Gasteiger partial charge >= 0.3 is 0 Å². The van der Waals surface area contributed by atoms with E-state index in [2.05, 4.69) is 6.07 Å². The molecule has 0 N–H and O–H groups in total. The van der Waals surface area contributed by atoms with Crippen molar-refractivity contribution < 1.29 is 4.79 Å². The fourth-order valence-electron chi connectivity index (χ4n) is 1.21. The van der Waals surface area contributed by atoms with E-state index in [0.717, 1.165) is 5.56 Å². The molecule has 0 amide bonds. The number of hydrogen-bond donors (Lipinski definition) is 0. The van der Waals surface area contributed by atoms with Crippen molar-refractivity contribution in [1.29, 1.82) is 5.26 Å². The molecule has 3 nitrogen and oxygen atoms in total. The molecule has 0 heterocycles. The first-order valence-electron chi connectivity index (χ1n) is 4.94. The van der Waals surface area contributed by atoms with E-state index in [1.807, 2.05) is 21.0 Å². The van der Waals surface area contributed by atoms with Gasteiger partial charge < -0.3 is 4.90 Å². The number of nitrogens with zero attached hydrogens (tertiary/aromatic N) is 2. The molecule has 82 valence electrons. The standard InChI is InChI=1S/C13H14N2O/c1-10-4-5-11(8-12(10)9-14)13(16)6-7-15(2)3/h4-8H,1-3H3. The first kappa shape index (κ1) is 12.0. The fourth-order valence-corrected chi connectivity index (χ4v) is 1.21. The van der Waals surface area contributed by atoms with Crippen molar-refractivity contribution >= 4 is 5.78 Å². The van der Waals surface area contributed by atoms with E-state index in [9.17, 15) is 4.79 Å². The average molecular weight is 214 g/mol. The summed E-state index contributed by atoms with van der Waals surface area (Å²) in [6.07, 6.45) is 3.18. The quantitative estimate of drug-likeness (QED) is 0.572. The lowest BCUT2D eigenvalue weighted by molar-refractivity contribution is 0.104. The molecule has 3 heteroatoms. The highest BCUT2D eigenvalue weighted by Gasteiger charge is 2.04. The monoisotopic (exact) mass is 214 g/mol. The van der Waals surface area contributed by atoms with Crippen LogP contribution in [0, 0.1) is 18.3 Å². The van der Waals surface area contributed by atoms with Gasteiger partial charge in [0.1, 0.15) is 0 Å². The van der Waals surface area contributed by atoms with Crippen LogP contribution in [0.15, 0.2) is 30.5 Å². The Bertz CT molecular complexity index is 467. The van der Waals surface area contributed by atoms with Crippen LogP contribution in [0.4, 0.5) is 0 Å². The van der Waals surface area contributed by atoms with Gasteiger partial charge in [-0.05, 0) is 18.6 Å². The largest absolute Gasteiger partial charge is 0.383 e. The molecule has 0 aliphatic heterocycles. The van der Waals surface area contributed by atoms with Gasteiger partial charge in [0.2, 0.25) is 0 Å². The lowest BCUT2D eigenvalue weighted by Crippen LogP contribution is -2.03. The summed E-state index contributed by atoms with van der Waals surface area (Å²) in [7, 11) is 3.69. The van der Waals surface area contributed by atoms with Crippen molar-refractivity contribution in [1.82, 2.24) is 4.90 Å². The van der Waals surface area contributed by atoms with Crippen molar-refractivity contribution in [2.24, 2.45) is 0 Å². The van der Waals surface area contributed by atoms with Gasteiger partial charge in [-0.25, -0.2) is 0 Å². The Kier molecular flexibility index (Phi) is 3.84. The maximum atomic E-state index is 11.7. The second-order valence-corrected chi connectivity index (χ2v) is 3.79. The summed E-state index contributed by atoms with van der Waals surface area (Å²) < 4.78 is 0. The Hall–Kier alpha value is -2.08. The Morgan fingerprint density at radius 2 is 2.12 bits per heavy atom. The molecule has 0 aromatic heterocycles. The number of nitriles is 1. The van der Waals surface area contributed by atoms with E-state index in [0.29, 0.717) is 11.1 Å². The van der Waals surface area contributed by atoms with Gasteiger partial charge in [-0.1, -0.05) is 12.1 Å². The molecule has 0 saturated heterocycles. The lowest BCUT2D eigenvalue weighted by atomic mass is 10.0. The number of hydrogen-bond acceptors (Lipinski definition) is 3. The third-order valence-electron chi connectivity index (χ3n) is 2.17. The lowest BCUT2D eigenvalue weighted by Gasteiger charge is -2.03. The Labute approximate surface area is 95.6 Å². The number of benzene rings is 1. The van der Waals surface area contributed by atoms with Gasteiger partial charge in [0.15, 0.2) is 5.78 Å². The maximum Gasteiger partial charge on any atom is 0.187 e. The maximum absolute atomic E-state index is 11.7. The molecule has 0 bridgehead atoms. The molecule has 16 heavy (non-hydrogen) atoms. The zero-order chi connectivity index (χ0) is 12.1. The highest BCUT2D eigenvalue weighted by Crippen LogP contribution is 2.11. The fraction of sp³-hybridized carbons (Fsp3) is 0.231. The smallest absolute Gasteiger partial charge is 0.187 e. The Morgan fingerprint density at radius 1 is 1.44 bits per heavy atom. The number of aryl methyl sites for hydroxylation is 1. The minimum Gasteiger partial charge on any atom is -0.383 e. The molecular formula is C13H14N2O. The topological polar surface area (TPSA) is 44.1 Å². The van der Waals surface area contributed by atoms with E-state index >= 15 is 0 Å². The highest BCUT2D eigenvalue weighted by atomic mass is 16.1. The van der Waals surface area contributed by atoms with Gasteiger partial charge in [-0.3, -0.25) is 4.79 Å². The van der Waals surface area contributed by atoms with Crippen LogP contribution in [-0.2, 0) is 0 Å². The van der Waals surface area contributed by atoms with Gasteiger partial charge in [-0.2, -0.15) is 5.26 Å².